The fourth-order valence-corrected chi connectivity index (χ4v) is 2.39. The fraction of sp³-hybridized carbons (Fsp3) is 0.111. The van der Waals surface area contributed by atoms with Gasteiger partial charge in [0.1, 0.15) is 5.75 Å². The van der Waals surface area contributed by atoms with Gasteiger partial charge in [-0.25, -0.2) is 0 Å². The summed E-state index contributed by atoms with van der Waals surface area (Å²) in [6, 6.07) is 19.2. The predicted molar refractivity (Wildman–Crippen MR) is 91.8 cm³/mol. The molecule has 0 atom stereocenters. The molecule has 0 N–H and O–H groups in total. The lowest BCUT2D eigenvalue weighted by molar-refractivity contribution is -0.657. The Labute approximate surface area is 139 Å². The Balaban J connectivity index is 0.00000176. The van der Waals surface area contributed by atoms with E-state index in [0.29, 0.717) is 6.54 Å². The van der Waals surface area contributed by atoms with Crippen LogP contribution in [-0.2, 0) is 6.54 Å². The smallest absolute Gasteiger partial charge is 0.227 e. The highest BCUT2D eigenvalue weighted by Crippen LogP contribution is 2.17. The average Bonchev–Trinajstić information content (AvgIpc) is 2.55. The summed E-state index contributed by atoms with van der Waals surface area (Å²) in [5.41, 5.74) is 1.75. The van der Waals surface area contributed by atoms with Gasteiger partial charge in [-0.15, -0.1) is 17.0 Å². The lowest BCUT2D eigenvalue weighted by Crippen LogP contribution is -2.38. The predicted octanol–water partition coefficient (Wildman–Crippen LogP) is 3.60. The summed E-state index contributed by atoms with van der Waals surface area (Å²) in [6.45, 7) is 0.327. The number of hydrogen-bond acceptors (Lipinski definition) is 2. The number of halogens is 1. The third kappa shape index (κ3) is 3.34. The van der Waals surface area contributed by atoms with Crippen molar-refractivity contribution in [3.63, 3.8) is 0 Å². The van der Waals surface area contributed by atoms with E-state index in [2.05, 4.69) is 0 Å². The van der Waals surface area contributed by atoms with Crippen LogP contribution >= 0.6 is 17.0 Å². The summed E-state index contributed by atoms with van der Waals surface area (Å²) in [6.07, 6.45) is 1.93. The van der Waals surface area contributed by atoms with Crippen molar-refractivity contribution in [3.8, 4) is 5.75 Å². The molecular weight excluding hydrogens is 342 g/mol. The van der Waals surface area contributed by atoms with Crippen LogP contribution in [0.25, 0.3) is 10.9 Å². The Morgan fingerprint density at radius 1 is 1.05 bits per heavy atom. The molecule has 22 heavy (non-hydrogen) atoms. The molecule has 3 nitrogen and oxygen atoms in total. The zero-order chi connectivity index (χ0) is 14.7. The second-order valence-electron chi connectivity index (χ2n) is 4.85. The Hall–Kier alpha value is -2.20. The first-order valence-corrected chi connectivity index (χ1v) is 6.82. The van der Waals surface area contributed by atoms with Gasteiger partial charge in [0.25, 0.3) is 0 Å². The lowest BCUT2D eigenvalue weighted by atomic mass is 10.1. The number of hydrogen-bond donors (Lipinski definition) is 0. The SMILES string of the molecule is Br.COc1ccc2c(ccc[n+]2CC(=O)c2ccccc2)c1. The van der Waals surface area contributed by atoms with Crippen molar-refractivity contribution in [1.82, 2.24) is 0 Å². The quantitative estimate of drug-likeness (QED) is 0.526. The largest absolute Gasteiger partial charge is 0.497 e. The molecule has 1 aromatic heterocycles. The Morgan fingerprint density at radius 2 is 1.82 bits per heavy atom. The number of methoxy groups -OCH3 is 1. The third-order valence-corrected chi connectivity index (χ3v) is 3.50. The molecule has 0 amide bonds. The number of ether oxygens (including phenoxy) is 1. The molecule has 0 aliphatic carbocycles. The van der Waals surface area contributed by atoms with E-state index in [1.54, 1.807) is 7.11 Å². The number of carbonyl (C=O) groups excluding carboxylic acids is 1. The van der Waals surface area contributed by atoms with E-state index in [4.69, 9.17) is 4.74 Å². The number of fused-ring (bicyclic) bond motifs is 1. The average molecular weight is 359 g/mol. The summed E-state index contributed by atoms with van der Waals surface area (Å²) < 4.78 is 7.20. The number of benzene rings is 2. The van der Waals surface area contributed by atoms with Crippen molar-refractivity contribution in [2.24, 2.45) is 0 Å². The summed E-state index contributed by atoms with van der Waals surface area (Å²) >= 11 is 0. The topological polar surface area (TPSA) is 30.2 Å². The van der Waals surface area contributed by atoms with E-state index in [-0.39, 0.29) is 22.8 Å². The first-order chi connectivity index (χ1) is 10.3. The number of pyridine rings is 1. The van der Waals surface area contributed by atoms with Gasteiger partial charge < -0.3 is 4.74 Å². The molecule has 0 aliphatic rings. The summed E-state index contributed by atoms with van der Waals surface area (Å²) in [4.78, 5) is 12.3. The van der Waals surface area contributed by atoms with E-state index >= 15 is 0 Å². The molecule has 2 aromatic carbocycles. The van der Waals surface area contributed by atoms with Crippen LogP contribution in [0.4, 0.5) is 0 Å². The second-order valence-corrected chi connectivity index (χ2v) is 4.85. The van der Waals surface area contributed by atoms with Crippen molar-refractivity contribution < 1.29 is 14.1 Å². The van der Waals surface area contributed by atoms with Gasteiger partial charge in [0.05, 0.1) is 12.5 Å². The molecule has 4 heteroatoms. The Bertz CT molecular complexity index is 787. The van der Waals surface area contributed by atoms with Gasteiger partial charge in [-0.05, 0) is 18.2 Å². The molecule has 0 spiro atoms. The molecule has 0 fully saturated rings. The van der Waals surface area contributed by atoms with Crippen molar-refractivity contribution >= 4 is 33.7 Å². The van der Waals surface area contributed by atoms with Crippen molar-refractivity contribution in [3.05, 3.63) is 72.4 Å². The standard InChI is InChI=1S/C18H16NO2.BrH/c1-21-16-9-10-17-15(12-16)8-5-11-19(17)13-18(20)14-6-3-2-4-7-14;/h2-12H,13H2,1H3;1H/q+1;. The van der Waals surface area contributed by atoms with Crippen LogP contribution < -0.4 is 9.30 Å². The van der Waals surface area contributed by atoms with Gasteiger partial charge in [-0.1, -0.05) is 30.3 Å². The van der Waals surface area contributed by atoms with Gasteiger partial charge in [-0.2, -0.15) is 4.57 Å². The maximum atomic E-state index is 12.3. The van der Waals surface area contributed by atoms with E-state index in [9.17, 15) is 4.79 Å². The van der Waals surface area contributed by atoms with E-state index in [0.717, 1.165) is 22.2 Å². The number of aromatic nitrogens is 1. The summed E-state index contributed by atoms with van der Waals surface area (Å²) in [5, 5.41) is 1.05. The molecule has 0 saturated heterocycles. The lowest BCUT2D eigenvalue weighted by Gasteiger charge is -2.03. The number of ketones is 1. The minimum Gasteiger partial charge on any atom is -0.497 e. The monoisotopic (exact) mass is 358 g/mol. The number of nitrogens with zero attached hydrogens (tertiary/aromatic N) is 1. The molecule has 3 rings (SSSR count). The van der Waals surface area contributed by atoms with Gasteiger partial charge in [0, 0.05) is 17.7 Å². The van der Waals surface area contributed by atoms with Crippen molar-refractivity contribution in [1.29, 1.82) is 0 Å². The van der Waals surface area contributed by atoms with E-state index in [1.807, 2.05) is 71.4 Å². The molecular formula is C18H17BrNO2+. The molecule has 0 aliphatic heterocycles. The maximum absolute atomic E-state index is 12.3. The molecule has 112 valence electrons. The molecule has 3 aromatic rings. The zero-order valence-electron chi connectivity index (χ0n) is 12.2. The maximum Gasteiger partial charge on any atom is 0.227 e. The van der Waals surface area contributed by atoms with Gasteiger partial charge in [-0.3, -0.25) is 4.79 Å². The first kappa shape index (κ1) is 16.2. The van der Waals surface area contributed by atoms with Crippen LogP contribution in [0, 0.1) is 0 Å². The van der Waals surface area contributed by atoms with Gasteiger partial charge >= 0.3 is 0 Å². The molecule has 0 unspecified atom stereocenters. The molecule has 0 radical (unpaired) electrons. The van der Waals surface area contributed by atoms with E-state index < -0.39 is 0 Å². The highest BCUT2D eigenvalue weighted by molar-refractivity contribution is 8.93. The van der Waals surface area contributed by atoms with Crippen LogP contribution in [0.15, 0.2) is 66.9 Å². The minimum absolute atomic E-state index is 0. The van der Waals surface area contributed by atoms with E-state index in [1.165, 1.54) is 0 Å². The second kappa shape index (κ2) is 7.18. The van der Waals surface area contributed by atoms with Crippen LogP contribution in [0.3, 0.4) is 0 Å². The number of carbonyl (C=O) groups is 1. The third-order valence-electron chi connectivity index (χ3n) is 3.50. The summed E-state index contributed by atoms with van der Waals surface area (Å²) in [5.74, 6) is 0.915. The van der Waals surface area contributed by atoms with Gasteiger partial charge in [0.15, 0.2) is 6.20 Å². The Morgan fingerprint density at radius 3 is 2.55 bits per heavy atom. The number of rotatable bonds is 4. The van der Waals surface area contributed by atoms with Crippen molar-refractivity contribution in [2.75, 3.05) is 7.11 Å². The number of Topliss-reactive ketones (excluding diaryl/α,β-unsaturated/α-hetero) is 1. The molecule has 0 saturated carbocycles. The van der Waals surface area contributed by atoms with Crippen LogP contribution in [-0.4, -0.2) is 12.9 Å². The highest BCUT2D eigenvalue weighted by atomic mass is 79.9. The first-order valence-electron chi connectivity index (χ1n) is 6.82. The fourth-order valence-electron chi connectivity index (χ4n) is 2.39. The molecule has 0 bridgehead atoms. The molecule has 1 heterocycles. The Kier molecular flexibility index (Phi) is 5.28. The zero-order valence-corrected chi connectivity index (χ0v) is 13.9. The van der Waals surface area contributed by atoms with Gasteiger partial charge in [0.2, 0.25) is 17.8 Å². The van der Waals surface area contributed by atoms with Crippen LogP contribution in [0.1, 0.15) is 10.4 Å². The van der Waals surface area contributed by atoms with Crippen molar-refractivity contribution in [2.45, 2.75) is 6.54 Å². The highest BCUT2D eigenvalue weighted by Gasteiger charge is 2.15. The summed E-state index contributed by atoms with van der Waals surface area (Å²) in [7, 11) is 1.65. The van der Waals surface area contributed by atoms with Crippen LogP contribution in [0.5, 0.6) is 5.75 Å². The minimum atomic E-state index is 0. The normalized spacial score (nSPS) is 10.0. The van der Waals surface area contributed by atoms with Crippen LogP contribution in [0.2, 0.25) is 0 Å².